The summed E-state index contributed by atoms with van der Waals surface area (Å²) in [6.07, 6.45) is 1.92. The molecular weight excluding hydrogens is 254 g/mol. The van der Waals surface area contributed by atoms with Gasteiger partial charge in [-0.1, -0.05) is 0 Å². The van der Waals surface area contributed by atoms with Crippen molar-refractivity contribution in [3.05, 3.63) is 28.3 Å². The maximum atomic E-state index is 10.6. The molecular formula is C11H17N3O3S. The van der Waals surface area contributed by atoms with Gasteiger partial charge in [-0.2, -0.15) is 11.8 Å². The average Bonchev–Trinajstić information content (AvgIpc) is 2.30. The van der Waals surface area contributed by atoms with Crippen molar-refractivity contribution in [1.29, 1.82) is 0 Å². The summed E-state index contributed by atoms with van der Waals surface area (Å²) in [6, 6.07) is 4.55. The maximum absolute atomic E-state index is 10.6. The molecule has 0 aliphatic rings. The second kappa shape index (κ2) is 6.46. The first-order valence-electron chi connectivity index (χ1n) is 5.43. The number of thioether (sulfide) groups is 1. The lowest BCUT2D eigenvalue weighted by Crippen LogP contribution is -2.30. The van der Waals surface area contributed by atoms with E-state index in [1.165, 1.54) is 12.1 Å². The summed E-state index contributed by atoms with van der Waals surface area (Å²) < 4.78 is 0. The van der Waals surface area contributed by atoms with Crippen molar-refractivity contribution < 1.29 is 10.0 Å². The Morgan fingerprint density at radius 2 is 2.28 bits per heavy atom. The van der Waals surface area contributed by atoms with Gasteiger partial charge < -0.3 is 16.2 Å². The van der Waals surface area contributed by atoms with Crippen molar-refractivity contribution in [3.63, 3.8) is 0 Å². The quantitative estimate of drug-likeness (QED) is 0.413. The summed E-state index contributed by atoms with van der Waals surface area (Å²) >= 11 is 1.56. The Morgan fingerprint density at radius 3 is 2.72 bits per heavy atom. The Kier molecular flexibility index (Phi) is 5.24. The van der Waals surface area contributed by atoms with Crippen LogP contribution in [0.4, 0.5) is 17.1 Å². The Hall–Kier alpha value is -1.47. The Bertz CT molecular complexity index is 424. The molecule has 4 N–H and O–H groups in total. The van der Waals surface area contributed by atoms with E-state index in [0.29, 0.717) is 5.69 Å². The van der Waals surface area contributed by atoms with Crippen LogP contribution in [0, 0.1) is 10.1 Å². The van der Waals surface area contributed by atoms with Gasteiger partial charge in [-0.3, -0.25) is 10.1 Å². The number of nitrogen functional groups attached to an aromatic ring is 1. The summed E-state index contributed by atoms with van der Waals surface area (Å²) in [4.78, 5) is 10.1. The van der Waals surface area contributed by atoms with Gasteiger partial charge in [0.1, 0.15) is 5.69 Å². The molecule has 1 rings (SSSR count). The van der Waals surface area contributed by atoms with E-state index in [1.54, 1.807) is 17.8 Å². The minimum Gasteiger partial charge on any atom is -0.395 e. The molecule has 0 aromatic heterocycles. The zero-order chi connectivity index (χ0) is 13.7. The van der Waals surface area contributed by atoms with Crippen LogP contribution in [0.1, 0.15) is 6.92 Å². The highest BCUT2D eigenvalue weighted by molar-refractivity contribution is 7.99. The Morgan fingerprint density at radius 1 is 1.61 bits per heavy atom. The first-order valence-corrected chi connectivity index (χ1v) is 6.72. The maximum Gasteiger partial charge on any atom is 0.292 e. The number of aliphatic hydroxyl groups excluding tert-OH is 1. The molecule has 2 unspecified atom stereocenters. The van der Waals surface area contributed by atoms with Crippen molar-refractivity contribution in [3.8, 4) is 0 Å². The molecule has 0 radical (unpaired) electrons. The molecule has 0 fully saturated rings. The second-order valence-corrected chi connectivity index (χ2v) is 5.00. The monoisotopic (exact) mass is 271 g/mol. The van der Waals surface area contributed by atoms with Gasteiger partial charge >= 0.3 is 0 Å². The van der Waals surface area contributed by atoms with Gasteiger partial charge in [0.15, 0.2) is 0 Å². The van der Waals surface area contributed by atoms with Crippen LogP contribution >= 0.6 is 11.8 Å². The van der Waals surface area contributed by atoms with Gasteiger partial charge in [0.05, 0.1) is 11.5 Å². The third-order valence-corrected chi connectivity index (χ3v) is 3.82. The van der Waals surface area contributed by atoms with Crippen LogP contribution < -0.4 is 11.1 Å². The third-order valence-electron chi connectivity index (χ3n) is 2.66. The molecule has 0 heterocycles. The zero-order valence-electron chi connectivity index (χ0n) is 10.3. The molecule has 0 saturated heterocycles. The predicted molar refractivity (Wildman–Crippen MR) is 75.0 cm³/mol. The highest BCUT2D eigenvalue weighted by atomic mass is 32.2. The zero-order valence-corrected chi connectivity index (χ0v) is 11.1. The summed E-state index contributed by atoms with van der Waals surface area (Å²) in [6.45, 7) is 2.01. The number of nitrogens with two attached hydrogens (primary N) is 1. The summed E-state index contributed by atoms with van der Waals surface area (Å²) in [5, 5.41) is 23.0. The Balaban J connectivity index is 2.80. The van der Waals surface area contributed by atoms with Gasteiger partial charge in [0, 0.05) is 23.0 Å². The van der Waals surface area contributed by atoms with Crippen molar-refractivity contribution >= 4 is 28.8 Å². The molecule has 7 heteroatoms. The molecule has 100 valence electrons. The number of benzene rings is 1. The van der Waals surface area contributed by atoms with E-state index in [9.17, 15) is 15.2 Å². The number of aliphatic hydroxyl groups is 1. The van der Waals surface area contributed by atoms with E-state index < -0.39 is 4.92 Å². The van der Waals surface area contributed by atoms with E-state index >= 15 is 0 Å². The fourth-order valence-electron chi connectivity index (χ4n) is 1.60. The number of hydrogen-bond acceptors (Lipinski definition) is 6. The number of anilines is 2. The minimum atomic E-state index is -0.513. The predicted octanol–water partition coefficient (Wildman–Crippen LogP) is 1.70. The molecule has 1 aromatic rings. The van der Waals surface area contributed by atoms with Crippen LogP contribution in [0.25, 0.3) is 0 Å². The molecule has 0 bridgehead atoms. The van der Waals surface area contributed by atoms with Gasteiger partial charge in [-0.25, -0.2) is 0 Å². The van der Waals surface area contributed by atoms with Crippen molar-refractivity contribution in [2.45, 2.75) is 18.2 Å². The smallest absolute Gasteiger partial charge is 0.292 e. The highest BCUT2D eigenvalue weighted by Crippen LogP contribution is 2.25. The first-order chi connectivity index (χ1) is 8.49. The summed E-state index contributed by atoms with van der Waals surface area (Å²) in [5.74, 6) is 0. The number of nitro groups is 1. The SMILES string of the molecule is CSC(CO)C(C)Nc1ccc([N+](=O)[O-])c(N)c1. The normalized spacial score (nSPS) is 13.9. The average molecular weight is 271 g/mol. The lowest BCUT2D eigenvalue weighted by Gasteiger charge is -2.22. The largest absolute Gasteiger partial charge is 0.395 e. The fraction of sp³-hybridized carbons (Fsp3) is 0.455. The topological polar surface area (TPSA) is 101 Å². The molecule has 0 spiro atoms. The fourth-order valence-corrected chi connectivity index (χ4v) is 2.23. The number of hydrogen-bond donors (Lipinski definition) is 3. The number of nitro benzene ring substituents is 1. The van der Waals surface area contributed by atoms with Crippen LogP contribution in [0.3, 0.4) is 0 Å². The number of nitrogens with one attached hydrogen (secondary N) is 1. The van der Waals surface area contributed by atoms with Crippen molar-refractivity contribution in [2.24, 2.45) is 0 Å². The van der Waals surface area contributed by atoms with E-state index in [2.05, 4.69) is 5.32 Å². The Labute approximate surface area is 110 Å². The molecule has 1 aromatic carbocycles. The standard InChI is InChI=1S/C11H17N3O3S/c1-7(11(6-15)18-2)13-8-3-4-10(14(16)17)9(12)5-8/h3-5,7,11,13,15H,6,12H2,1-2H3. The van der Waals surface area contributed by atoms with Crippen LogP contribution in [-0.4, -0.2) is 34.2 Å². The highest BCUT2D eigenvalue weighted by Gasteiger charge is 2.16. The molecule has 2 atom stereocenters. The molecule has 0 saturated carbocycles. The lowest BCUT2D eigenvalue weighted by molar-refractivity contribution is -0.383. The minimum absolute atomic E-state index is 0.0332. The van der Waals surface area contributed by atoms with Crippen LogP contribution in [-0.2, 0) is 0 Å². The molecule has 6 nitrogen and oxygen atoms in total. The molecule has 18 heavy (non-hydrogen) atoms. The van der Waals surface area contributed by atoms with E-state index in [-0.39, 0.29) is 29.3 Å². The van der Waals surface area contributed by atoms with Crippen LogP contribution in [0.15, 0.2) is 18.2 Å². The van der Waals surface area contributed by atoms with Crippen molar-refractivity contribution in [1.82, 2.24) is 0 Å². The van der Waals surface area contributed by atoms with E-state index in [1.807, 2.05) is 13.2 Å². The first kappa shape index (κ1) is 14.6. The third kappa shape index (κ3) is 3.51. The van der Waals surface area contributed by atoms with Crippen LogP contribution in [0.2, 0.25) is 0 Å². The van der Waals surface area contributed by atoms with Gasteiger partial charge in [-0.05, 0) is 25.3 Å². The van der Waals surface area contributed by atoms with Gasteiger partial charge in [-0.15, -0.1) is 0 Å². The molecule has 0 aliphatic carbocycles. The van der Waals surface area contributed by atoms with E-state index in [0.717, 1.165) is 0 Å². The lowest BCUT2D eigenvalue weighted by atomic mass is 10.2. The summed E-state index contributed by atoms with van der Waals surface area (Å²) in [7, 11) is 0. The van der Waals surface area contributed by atoms with Gasteiger partial charge in [0.25, 0.3) is 5.69 Å². The second-order valence-electron chi connectivity index (χ2n) is 3.92. The van der Waals surface area contributed by atoms with Gasteiger partial charge in [0.2, 0.25) is 0 Å². The molecule has 0 aliphatic heterocycles. The summed E-state index contributed by atoms with van der Waals surface area (Å²) in [5.41, 5.74) is 6.34. The van der Waals surface area contributed by atoms with E-state index in [4.69, 9.17) is 5.73 Å². The number of rotatable bonds is 6. The van der Waals surface area contributed by atoms with Crippen LogP contribution in [0.5, 0.6) is 0 Å². The molecule has 0 amide bonds. The van der Waals surface area contributed by atoms with Crippen molar-refractivity contribution in [2.75, 3.05) is 23.9 Å². The number of nitrogens with zero attached hydrogens (tertiary/aromatic N) is 1.